The highest BCUT2D eigenvalue weighted by atomic mass is 16.5. The molecule has 1 aliphatic carbocycles. The first kappa shape index (κ1) is 19.7. The third-order valence-electron chi connectivity index (χ3n) is 5.44. The van der Waals surface area contributed by atoms with Crippen molar-refractivity contribution >= 4 is 5.91 Å². The number of carbonyl (C=O) groups excluding carboxylic acids is 1. The van der Waals surface area contributed by atoms with E-state index < -0.39 is 0 Å². The van der Waals surface area contributed by atoms with Crippen molar-refractivity contribution in [1.29, 1.82) is 0 Å². The van der Waals surface area contributed by atoms with E-state index in [9.17, 15) is 4.79 Å². The minimum Gasteiger partial charge on any atom is -0.382 e. The van der Waals surface area contributed by atoms with Crippen LogP contribution in [-0.2, 0) is 9.53 Å². The molecule has 2 rings (SSSR count). The van der Waals surface area contributed by atoms with Gasteiger partial charge in [-0.3, -0.25) is 4.79 Å². The summed E-state index contributed by atoms with van der Waals surface area (Å²) in [4.78, 5) is 14.7. The molecule has 2 aliphatic rings. The van der Waals surface area contributed by atoms with Crippen LogP contribution in [0.4, 0.5) is 0 Å². The van der Waals surface area contributed by atoms with Gasteiger partial charge in [0, 0.05) is 45.3 Å². The van der Waals surface area contributed by atoms with Crippen LogP contribution in [0.25, 0.3) is 0 Å². The first-order valence-corrected chi connectivity index (χ1v) is 10.1. The molecule has 1 N–H and O–H groups in total. The average Bonchev–Trinajstić information content (AvgIpc) is 2.46. The molecule has 0 unspecified atom stereocenters. The van der Waals surface area contributed by atoms with Gasteiger partial charge >= 0.3 is 0 Å². The van der Waals surface area contributed by atoms with Gasteiger partial charge in [-0.05, 0) is 43.9 Å². The Bertz CT molecular complexity index is 370. The van der Waals surface area contributed by atoms with E-state index in [1.165, 1.54) is 38.9 Å². The van der Waals surface area contributed by atoms with Gasteiger partial charge in [0.25, 0.3) is 0 Å². The molecular weight excluding hydrogens is 300 g/mol. The Labute approximate surface area is 148 Å². The molecule has 1 spiro atoms. The zero-order valence-electron chi connectivity index (χ0n) is 16.1. The van der Waals surface area contributed by atoms with Crippen LogP contribution in [0.2, 0.25) is 0 Å². The smallest absolute Gasteiger partial charge is 0.223 e. The number of nitrogens with one attached hydrogen (secondary N) is 1. The minimum absolute atomic E-state index is 0.289. The maximum Gasteiger partial charge on any atom is 0.223 e. The third kappa shape index (κ3) is 6.03. The normalized spacial score (nSPS) is 20.2. The summed E-state index contributed by atoms with van der Waals surface area (Å²) >= 11 is 0. The Morgan fingerprint density at radius 3 is 2.50 bits per heavy atom. The highest BCUT2D eigenvalue weighted by Gasteiger charge is 2.53. The van der Waals surface area contributed by atoms with Crippen LogP contribution in [0.15, 0.2) is 0 Å². The molecule has 1 amide bonds. The summed E-state index contributed by atoms with van der Waals surface area (Å²) in [6.45, 7) is 12.8. The van der Waals surface area contributed by atoms with Crippen molar-refractivity contribution < 1.29 is 9.53 Å². The van der Waals surface area contributed by atoms with Gasteiger partial charge in [-0.1, -0.05) is 33.1 Å². The number of ether oxygens (including phenoxy) is 1. The lowest BCUT2D eigenvalue weighted by Gasteiger charge is -2.59. The Kier molecular flexibility index (Phi) is 8.02. The Balaban J connectivity index is 1.42. The molecule has 1 aliphatic heterocycles. The molecule has 0 bridgehead atoms. The molecule has 0 aromatic heterocycles. The van der Waals surface area contributed by atoms with Crippen molar-refractivity contribution in [3.05, 3.63) is 0 Å². The molecule has 1 saturated heterocycles. The summed E-state index contributed by atoms with van der Waals surface area (Å²) in [5, 5.41) is 3.15. The van der Waals surface area contributed by atoms with Crippen LogP contribution >= 0.6 is 0 Å². The number of unbranched alkanes of at least 4 members (excludes halogenated alkanes) is 4. The maximum absolute atomic E-state index is 12.2. The quantitative estimate of drug-likeness (QED) is 0.554. The van der Waals surface area contributed by atoms with Crippen molar-refractivity contribution in [3.8, 4) is 0 Å². The summed E-state index contributed by atoms with van der Waals surface area (Å²) < 4.78 is 5.33. The molecule has 1 saturated carbocycles. The molecule has 0 radical (unpaired) electrons. The number of nitrogens with zero attached hydrogens (tertiary/aromatic N) is 1. The highest BCUT2D eigenvalue weighted by Crippen LogP contribution is 2.51. The predicted octanol–water partition coefficient (Wildman–Crippen LogP) is 3.46. The molecular formula is C20H38N2O2. The van der Waals surface area contributed by atoms with Crippen molar-refractivity contribution in [1.82, 2.24) is 10.2 Å². The van der Waals surface area contributed by atoms with Gasteiger partial charge in [-0.2, -0.15) is 0 Å². The van der Waals surface area contributed by atoms with Gasteiger partial charge in [0.15, 0.2) is 0 Å². The number of amides is 1. The number of hydrogen-bond donors (Lipinski definition) is 1. The van der Waals surface area contributed by atoms with Crippen LogP contribution in [0.5, 0.6) is 0 Å². The highest BCUT2D eigenvalue weighted by molar-refractivity contribution is 5.79. The second kappa shape index (κ2) is 9.76. The van der Waals surface area contributed by atoms with Gasteiger partial charge in [0.1, 0.15) is 0 Å². The monoisotopic (exact) mass is 338 g/mol. The second-order valence-corrected chi connectivity index (χ2v) is 8.42. The van der Waals surface area contributed by atoms with Crippen molar-refractivity contribution in [2.75, 3.05) is 39.4 Å². The topological polar surface area (TPSA) is 41.6 Å². The molecule has 4 nitrogen and oxygen atoms in total. The third-order valence-corrected chi connectivity index (χ3v) is 5.44. The van der Waals surface area contributed by atoms with Crippen molar-refractivity contribution in [2.24, 2.45) is 17.3 Å². The first-order valence-electron chi connectivity index (χ1n) is 10.1. The molecule has 0 aromatic rings. The van der Waals surface area contributed by atoms with Crippen LogP contribution in [0.1, 0.15) is 65.7 Å². The zero-order valence-corrected chi connectivity index (χ0v) is 16.1. The van der Waals surface area contributed by atoms with Crippen LogP contribution in [-0.4, -0.2) is 50.2 Å². The summed E-state index contributed by atoms with van der Waals surface area (Å²) in [5.41, 5.74) is 0.497. The Morgan fingerprint density at radius 2 is 1.83 bits per heavy atom. The number of hydrogen-bond acceptors (Lipinski definition) is 3. The Hall–Kier alpha value is -0.610. The molecule has 1 heterocycles. The molecule has 2 fully saturated rings. The van der Waals surface area contributed by atoms with Crippen molar-refractivity contribution in [2.45, 2.75) is 65.7 Å². The van der Waals surface area contributed by atoms with Crippen molar-refractivity contribution in [3.63, 3.8) is 0 Å². The first-order chi connectivity index (χ1) is 11.5. The molecule has 140 valence electrons. The average molecular weight is 339 g/mol. The van der Waals surface area contributed by atoms with E-state index in [-0.39, 0.29) is 5.92 Å². The standard InChI is InChI=1S/C20H38N2O2/c1-4-24-11-9-7-5-6-8-10-21-19(23)18-12-20(13-18)15-22(16-20)14-17(2)3/h17-18H,4-16H2,1-3H3,(H,21,23). The molecule has 0 atom stereocenters. The second-order valence-electron chi connectivity index (χ2n) is 8.42. The van der Waals surface area contributed by atoms with Gasteiger partial charge in [-0.15, -0.1) is 0 Å². The Morgan fingerprint density at radius 1 is 1.17 bits per heavy atom. The van der Waals surface area contributed by atoms with Crippen LogP contribution < -0.4 is 5.32 Å². The number of likely N-dealkylation sites (tertiary alicyclic amines) is 1. The molecule has 24 heavy (non-hydrogen) atoms. The fourth-order valence-electron chi connectivity index (χ4n) is 4.34. The van der Waals surface area contributed by atoms with Gasteiger partial charge < -0.3 is 15.0 Å². The van der Waals surface area contributed by atoms with Crippen LogP contribution in [0, 0.1) is 17.3 Å². The number of carbonyl (C=O) groups is 1. The van der Waals surface area contributed by atoms with E-state index in [0.717, 1.165) is 51.4 Å². The summed E-state index contributed by atoms with van der Waals surface area (Å²) in [6, 6.07) is 0. The number of rotatable bonds is 12. The lowest BCUT2D eigenvalue weighted by molar-refractivity contribution is -0.145. The van der Waals surface area contributed by atoms with Gasteiger partial charge in [-0.25, -0.2) is 0 Å². The van der Waals surface area contributed by atoms with E-state index in [2.05, 4.69) is 24.1 Å². The summed E-state index contributed by atoms with van der Waals surface area (Å²) in [6.07, 6.45) is 8.21. The fourth-order valence-corrected chi connectivity index (χ4v) is 4.34. The molecule has 0 aromatic carbocycles. The SMILES string of the molecule is CCOCCCCCCCNC(=O)C1CC2(C1)CN(CC(C)C)C2. The zero-order chi connectivity index (χ0) is 17.4. The lowest BCUT2D eigenvalue weighted by Crippen LogP contribution is -2.64. The van der Waals surface area contributed by atoms with E-state index in [1.54, 1.807) is 0 Å². The van der Waals surface area contributed by atoms with E-state index in [0.29, 0.717) is 11.3 Å². The minimum atomic E-state index is 0.289. The molecule has 4 heteroatoms. The van der Waals surface area contributed by atoms with E-state index in [1.807, 2.05) is 6.92 Å². The van der Waals surface area contributed by atoms with E-state index >= 15 is 0 Å². The summed E-state index contributed by atoms with van der Waals surface area (Å²) in [7, 11) is 0. The van der Waals surface area contributed by atoms with Gasteiger partial charge in [0.2, 0.25) is 5.91 Å². The predicted molar refractivity (Wildman–Crippen MR) is 99.0 cm³/mol. The maximum atomic E-state index is 12.2. The summed E-state index contributed by atoms with van der Waals surface area (Å²) in [5.74, 6) is 1.34. The lowest BCUT2D eigenvalue weighted by atomic mass is 9.57. The van der Waals surface area contributed by atoms with Crippen LogP contribution in [0.3, 0.4) is 0 Å². The largest absolute Gasteiger partial charge is 0.382 e. The van der Waals surface area contributed by atoms with Gasteiger partial charge in [0.05, 0.1) is 0 Å². The van der Waals surface area contributed by atoms with E-state index in [4.69, 9.17) is 4.74 Å². The fraction of sp³-hybridized carbons (Fsp3) is 0.950.